The SMILES string of the molecule is COC(=O)c1sc(-c2ccc(Cl)cc2)cc1N=C(C)N(C)C. The number of methoxy groups -OCH3 is 1. The van der Waals surface area contributed by atoms with E-state index in [1.54, 1.807) is 0 Å². The summed E-state index contributed by atoms with van der Waals surface area (Å²) >= 11 is 7.28. The number of amidine groups is 1. The molecule has 0 aliphatic heterocycles. The number of ether oxygens (including phenoxy) is 1. The molecule has 22 heavy (non-hydrogen) atoms. The molecule has 2 rings (SSSR count). The van der Waals surface area contributed by atoms with Gasteiger partial charge in [0.15, 0.2) is 0 Å². The third kappa shape index (κ3) is 3.67. The number of nitrogens with zero attached hydrogens (tertiary/aromatic N) is 2. The lowest BCUT2D eigenvalue weighted by Crippen LogP contribution is -2.17. The molecule has 0 aliphatic rings. The van der Waals surface area contributed by atoms with E-state index in [0.29, 0.717) is 15.6 Å². The average molecular weight is 337 g/mol. The minimum absolute atomic E-state index is 0.379. The van der Waals surface area contributed by atoms with Crippen molar-refractivity contribution in [3.05, 3.63) is 40.2 Å². The predicted octanol–water partition coefficient (Wildman–Crippen LogP) is 4.47. The fourth-order valence-corrected chi connectivity index (χ4v) is 2.88. The normalized spacial score (nSPS) is 11.4. The molecular formula is C16H17ClN2O2S. The van der Waals surface area contributed by atoms with Gasteiger partial charge in [0.2, 0.25) is 0 Å². The summed E-state index contributed by atoms with van der Waals surface area (Å²) in [6.07, 6.45) is 0. The summed E-state index contributed by atoms with van der Waals surface area (Å²) in [6, 6.07) is 9.38. The van der Waals surface area contributed by atoms with E-state index in [1.807, 2.05) is 56.3 Å². The predicted molar refractivity (Wildman–Crippen MR) is 92.6 cm³/mol. The van der Waals surface area contributed by atoms with Crippen LogP contribution >= 0.6 is 22.9 Å². The number of carbonyl (C=O) groups excluding carboxylic acids is 1. The summed E-state index contributed by atoms with van der Waals surface area (Å²) in [4.78, 5) is 19.8. The van der Waals surface area contributed by atoms with Crippen molar-refractivity contribution in [2.75, 3.05) is 21.2 Å². The molecule has 0 unspecified atom stereocenters. The lowest BCUT2D eigenvalue weighted by Gasteiger charge is -2.10. The van der Waals surface area contributed by atoms with Crippen LogP contribution in [0.15, 0.2) is 35.3 Å². The third-order valence-electron chi connectivity index (χ3n) is 3.14. The fraction of sp³-hybridized carbons (Fsp3) is 0.250. The highest BCUT2D eigenvalue weighted by Gasteiger charge is 2.18. The van der Waals surface area contributed by atoms with Gasteiger partial charge in [-0.15, -0.1) is 11.3 Å². The lowest BCUT2D eigenvalue weighted by atomic mass is 10.2. The monoisotopic (exact) mass is 336 g/mol. The summed E-state index contributed by atoms with van der Waals surface area (Å²) in [5.74, 6) is 0.432. The third-order valence-corrected chi connectivity index (χ3v) is 4.55. The molecule has 2 aromatic rings. The molecule has 1 heterocycles. The van der Waals surface area contributed by atoms with Crippen LogP contribution < -0.4 is 0 Å². The Balaban J connectivity index is 2.50. The molecule has 0 N–H and O–H groups in total. The second kappa shape index (κ2) is 6.94. The molecule has 0 radical (unpaired) electrons. The van der Waals surface area contributed by atoms with E-state index in [4.69, 9.17) is 16.3 Å². The Morgan fingerprint density at radius 1 is 1.27 bits per heavy atom. The van der Waals surface area contributed by atoms with Crippen molar-refractivity contribution in [1.29, 1.82) is 0 Å². The summed E-state index contributed by atoms with van der Waals surface area (Å²) in [6.45, 7) is 1.89. The van der Waals surface area contributed by atoms with Crippen LogP contribution in [0.5, 0.6) is 0 Å². The summed E-state index contributed by atoms with van der Waals surface area (Å²) in [5.41, 5.74) is 1.61. The number of rotatable bonds is 3. The number of halogens is 1. The number of esters is 1. The van der Waals surface area contributed by atoms with Crippen LogP contribution in [0.1, 0.15) is 16.6 Å². The zero-order valence-electron chi connectivity index (χ0n) is 12.9. The summed E-state index contributed by atoms with van der Waals surface area (Å²) in [5, 5.41) is 0.676. The van der Waals surface area contributed by atoms with Gasteiger partial charge < -0.3 is 9.64 Å². The quantitative estimate of drug-likeness (QED) is 0.472. The molecule has 6 heteroatoms. The minimum atomic E-state index is -0.379. The van der Waals surface area contributed by atoms with E-state index in [2.05, 4.69) is 4.99 Å². The topological polar surface area (TPSA) is 41.9 Å². The van der Waals surface area contributed by atoms with Crippen LogP contribution in [0.4, 0.5) is 5.69 Å². The van der Waals surface area contributed by atoms with Gasteiger partial charge in [0.05, 0.1) is 12.8 Å². The minimum Gasteiger partial charge on any atom is -0.465 e. The molecule has 0 fully saturated rings. The maximum absolute atomic E-state index is 12.0. The molecule has 0 atom stereocenters. The fourth-order valence-electron chi connectivity index (χ4n) is 1.73. The van der Waals surface area contributed by atoms with Gasteiger partial charge in [0.25, 0.3) is 0 Å². The number of benzene rings is 1. The van der Waals surface area contributed by atoms with Crippen molar-refractivity contribution in [2.24, 2.45) is 4.99 Å². The van der Waals surface area contributed by atoms with E-state index < -0.39 is 0 Å². The Hall–Kier alpha value is -1.85. The Labute approximate surface area is 139 Å². The molecule has 0 aliphatic carbocycles. The van der Waals surface area contributed by atoms with Crippen molar-refractivity contribution in [3.8, 4) is 10.4 Å². The van der Waals surface area contributed by atoms with Crippen molar-refractivity contribution in [1.82, 2.24) is 4.90 Å². The highest BCUT2D eigenvalue weighted by atomic mass is 35.5. The van der Waals surface area contributed by atoms with Crippen LogP contribution in [0.25, 0.3) is 10.4 Å². The van der Waals surface area contributed by atoms with E-state index in [0.717, 1.165) is 16.3 Å². The maximum atomic E-state index is 12.0. The number of hydrogen-bond acceptors (Lipinski definition) is 4. The van der Waals surface area contributed by atoms with Crippen LogP contribution in [0.2, 0.25) is 5.02 Å². The first-order chi connectivity index (χ1) is 10.4. The molecule has 4 nitrogen and oxygen atoms in total. The zero-order valence-corrected chi connectivity index (χ0v) is 14.5. The smallest absolute Gasteiger partial charge is 0.350 e. The van der Waals surface area contributed by atoms with Crippen molar-refractivity contribution < 1.29 is 9.53 Å². The Morgan fingerprint density at radius 2 is 1.91 bits per heavy atom. The second-order valence-corrected chi connectivity index (χ2v) is 6.37. The van der Waals surface area contributed by atoms with Crippen LogP contribution in [0.3, 0.4) is 0 Å². The lowest BCUT2D eigenvalue weighted by molar-refractivity contribution is 0.0607. The molecule has 0 saturated heterocycles. The van der Waals surface area contributed by atoms with Gasteiger partial charge in [-0.2, -0.15) is 0 Å². The number of hydrogen-bond donors (Lipinski definition) is 0. The van der Waals surface area contributed by atoms with Gasteiger partial charge in [-0.25, -0.2) is 9.79 Å². The van der Waals surface area contributed by atoms with Gasteiger partial charge in [-0.3, -0.25) is 0 Å². The molecular weight excluding hydrogens is 320 g/mol. The van der Waals surface area contributed by atoms with Crippen molar-refractivity contribution in [3.63, 3.8) is 0 Å². The van der Waals surface area contributed by atoms with Crippen LogP contribution in [-0.2, 0) is 4.74 Å². The summed E-state index contributed by atoms with van der Waals surface area (Å²) in [7, 11) is 5.18. The Morgan fingerprint density at radius 3 is 2.45 bits per heavy atom. The van der Waals surface area contributed by atoms with Gasteiger partial charge >= 0.3 is 5.97 Å². The van der Waals surface area contributed by atoms with Gasteiger partial charge in [-0.1, -0.05) is 23.7 Å². The zero-order chi connectivity index (χ0) is 16.3. The first-order valence-electron chi connectivity index (χ1n) is 6.63. The highest BCUT2D eigenvalue weighted by Crippen LogP contribution is 2.37. The van der Waals surface area contributed by atoms with Crippen molar-refractivity contribution >= 4 is 40.4 Å². The molecule has 0 saturated carbocycles. The molecule has 0 bridgehead atoms. The van der Waals surface area contributed by atoms with E-state index in [9.17, 15) is 4.79 Å². The van der Waals surface area contributed by atoms with Gasteiger partial charge in [0, 0.05) is 24.0 Å². The molecule has 0 spiro atoms. The maximum Gasteiger partial charge on any atom is 0.350 e. The number of carbonyl (C=O) groups is 1. The van der Waals surface area contributed by atoms with Crippen molar-refractivity contribution in [2.45, 2.75) is 6.92 Å². The Bertz CT molecular complexity index is 705. The molecule has 1 aromatic carbocycles. The average Bonchev–Trinajstić information content (AvgIpc) is 2.90. The first-order valence-corrected chi connectivity index (χ1v) is 7.82. The second-order valence-electron chi connectivity index (χ2n) is 4.88. The number of aliphatic imine (C=N–C) groups is 1. The largest absolute Gasteiger partial charge is 0.465 e. The van der Waals surface area contributed by atoms with Crippen LogP contribution in [-0.4, -0.2) is 37.9 Å². The van der Waals surface area contributed by atoms with E-state index >= 15 is 0 Å². The number of thiophene rings is 1. The van der Waals surface area contributed by atoms with E-state index in [-0.39, 0.29) is 5.97 Å². The molecule has 0 amide bonds. The standard InChI is InChI=1S/C16H17ClN2O2S/c1-10(19(2)3)18-13-9-14(22-15(13)16(20)21-4)11-5-7-12(17)8-6-11/h5-9H,1-4H3. The molecule has 1 aromatic heterocycles. The van der Waals surface area contributed by atoms with Gasteiger partial charge in [-0.05, 0) is 30.7 Å². The summed E-state index contributed by atoms with van der Waals surface area (Å²) < 4.78 is 4.85. The highest BCUT2D eigenvalue weighted by molar-refractivity contribution is 7.18. The van der Waals surface area contributed by atoms with E-state index in [1.165, 1.54) is 18.4 Å². The molecule has 116 valence electrons. The van der Waals surface area contributed by atoms with Crippen LogP contribution in [0, 0.1) is 0 Å². The van der Waals surface area contributed by atoms with Gasteiger partial charge in [0.1, 0.15) is 10.7 Å². The first kappa shape index (κ1) is 16.5. The Kier molecular flexibility index (Phi) is 5.21.